The van der Waals surface area contributed by atoms with Crippen molar-refractivity contribution >= 4 is 29.0 Å². The van der Waals surface area contributed by atoms with Gasteiger partial charge in [0.15, 0.2) is 5.78 Å². The number of benzene rings is 1. The zero-order valence-corrected chi connectivity index (χ0v) is 15.0. The van der Waals surface area contributed by atoms with Crippen LogP contribution in [0.4, 0.5) is 5.69 Å². The molecule has 1 unspecified atom stereocenters. The highest BCUT2D eigenvalue weighted by Gasteiger charge is 2.61. The first kappa shape index (κ1) is 16.7. The molecular weight excluding hydrogens is 354 g/mol. The lowest BCUT2D eigenvalue weighted by molar-refractivity contribution is -0.124. The van der Waals surface area contributed by atoms with Gasteiger partial charge in [0, 0.05) is 18.4 Å². The number of carbonyl (C=O) groups excluding carboxylic acids is 2. The van der Waals surface area contributed by atoms with E-state index >= 15 is 0 Å². The summed E-state index contributed by atoms with van der Waals surface area (Å²) in [6.45, 7) is 3.90. The van der Waals surface area contributed by atoms with Crippen LogP contribution >= 0.6 is 11.6 Å². The molecule has 1 aromatic rings. The average molecular weight is 370 g/mol. The van der Waals surface area contributed by atoms with Crippen LogP contribution in [0.5, 0.6) is 0 Å². The van der Waals surface area contributed by atoms with E-state index in [1.54, 1.807) is 18.2 Å². The molecule has 0 saturated carbocycles. The fourth-order valence-electron chi connectivity index (χ4n) is 4.19. The third-order valence-electron chi connectivity index (χ3n) is 5.17. The fourth-order valence-corrected chi connectivity index (χ4v) is 4.41. The first-order valence-corrected chi connectivity index (χ1v) is 8.55. The number of halogens is 1. The molecule has 1 amide bonds. The number of fused-ring (bicyclic) bond motifs is 3. The van der Waals surface area contributed by atoms with Crippen LogP contribution in [0, 0.1) is 16.7 Å². The normalized spacial score (nSPS) is 26.2. The maximum absolute atomic E-state index is 13.2. The predicted molar refractivity (Wildman–Crippen MR) is 94.7 cm³/mol. The standard InChI is InChI=1S/C19H16ClN3O3/c1-18(2)6-12(24)14-13(7-18)26-16(22)10(8-21)19(14)9-4-3-5-11(20)15(9)23-17(19)25/h3-5H,6-7,22H2,1-2H3,(H,23,25). The summed E-state index contributed by atoms with van der Waals surface area (Å²) in [5, 5.41) is 12.8. The summed E-state index contributed by atoms with van der Waals surface area (Å²) in [5.41, 5.74) is 5.05. The van der Waals surface area contributed by atoms with E-state index in [1.807, 2.05) is 19.9 Å². The van der Waals surface area contributed by atoms with E-state index in [0.29, 0.717) is 28.5 Å². The van der Waals surface area contributed by atoms with E-state index in [9.17, 15) is 14.9 Å². The van der Waals surface area contributed by atoms with Gasteiger partial charge in [-0.3, -0.25) is 9.59 Å². The summed E-state index contributed by atoms with van der Waals surface area (Å²) in [4.78, 5) is 26.3. The van der Waals surface area contributed by atoms with Crippen molar-refractivity contribution < 1.29 is 14.3 Å². The van der Waals surface area contributed by atoms with Crippen molar-refractivity contribution in [1.29, 1.82) is 5.26 Å². The first-order valence-electron chi connectivity index (χ1n) is 8.18. The Labute approximate surface area is 155 Å². The highest BCUT2D eigenvalue weighted by molar-refractivity contribution is 6.35. The monoisotopic (exact) mass is 369 g/mol. The van der Waals surface area contributed by atoms with Crippen LogP contribution in [0.15, 0.2) is 41.0 Å². The van der Waals surface area contributed by atoms with Gasteiger partial charge in [0.25, 0.3) is 0 Å². The molecule has 1 aliphatic carbocycles. The number of ketones is 1. The third-order valence-corrected chi connectivity index (χ3v) is 5.49. The molecule has 0 saturated heterocycles. The van der Waals surface area contributed by atoms with Crippen molar-refractivity contribution in [1.82, 2.24) is 0 Å². The molecule has 1 spiro atoms. The van der Waals surface area contributed by atoms with Gasteiger partial charge >= 0.3 is 0 Å². The van der Waals surface area contributed by atoms with Crippen molar-refractivity contribution in [2.75, 3.05) is 5.32 Å². The molecule has 1 atom stereocenters. The van der Waals surface area contributed by atoms with E-state index < -0.39 is 11.3 Å². The minimum absolute atomic E-state index is 0.0807. The number of Topliss-reactive ketones (excluding diaryl/α,β-unsaturated/α-hetero) is 1. The van der Waals surface area contributed by atoms with Crippen molar-refractivity contribution in [2.24, 2.45) is 11.1 Å². The zero-order chi connectivity index (χ0) is 18.9. The molecule has 2 aliphatic heterocycles. The molecule has 1 aromatic carbocycles. The molecule has 7 heteroatoms. The van der Waals surface area contributed by atoms with Gasteiger partial charge in [-0.1, -0.05) is 37.6 Å². The van der Waals surface area contributed by atoms with Crippen molar-refractivity contribution in [3.05, 3.63) is 51.6 Å². The van der Waals surface area contributed by atoms with E-state index in [2.05, 4.69) is 5.32 Å². The zero-order valence-electron chi connectivity index (χ0n) is 14.3. The van der Waals surface area contributed by atoms with Crippen LogP contribution in [-0.4, -0.2) is 11.7 Å². The molecule has 0 radical (unpaired) electrons. The van der Waals surface area contributed by atoms with E-state index in [-0.39, 0.29) is 34.6 Å². The maximum atomic E-state index is 13.2. The number of carbonyl (C=O) groups is 2. The Morgan fingerprint density at radius 2 is 2.04 bits per heavy atom. The summed E-state index contributed by atoms with van der Waals surface area (Å²) in [6, 6.07) is 7.00. The summed E-state index contributed by atoms with van der Waals surface area (Å²) >= 11 is 6.24. The second-order valence-corrected chi connectivity index (χ2v) is 7.97. The molecule has 0 fully saturated rings. The second-order valence-electron chi connectivity index (χ2n) is 7.56. The van der Waals surface area contributed by atoms with E-state index in [4.69, 9.17) is 22.1 Å². The smallest absolute Gasteiger partial charge is 0.245 e. The van der Waals surface area contributed by atoms with Crippen LogP contribution in [0.2, 0.25) is 5.02 Å². The van der Waals surface area contributed by atoms with Crippen LogP contribution in [0.25, 0.3) is 0 Å². The lowest BCUT2D eigenvalue weighted by Gasteiger charge is -2.41. The number of hydrogen-bond acceptors (Lipinski definition) is 5. The Hall–Kier alpha value is -2.78. The molecule has 6 nitrogen and oxygen atoms in total. The van der Waals surface area contributed by atoms with Crippen molar-refractivity contribution in [3.63, 3.8) is 0 Å². The number of nitrogens with zero attached hydrogens (tertiary/aromatic N) is 1. The molecule has 3 N–H and O–H groups in total. The van der Waals surface area contributed by atoms with Crippen molar-refractivity contribution in [3.8, 4) is 6.07 Å². The van der Waals surface area contributed by atoms with Gasteiger partial charge in [0.05, 0.1) is 16.3 Å². The Kier molecular flexibility index (Phi) is 3.28. The lowest BCUT2D eigenvalue weighted by atomic mass is 9.62. The Morgan fingerprint density at radius 1 is 1.31 bits per heavy atom. The molecule has 4 rings (SSSR count). The quantitative estimate of drug-likeness (QED) is 0.731. The van der Waals surface area contributed by atoms with Crippen molar-refractivity contribution in [2.45, 2.75) is 32.1 Å². The van der Waals surface area contributed by atoms with E-state index in [1.165, 1.54) is 0 Å². The SMILES string of the molecule is CC1(C)CC(=O)C2=C(C1)OC(N)=C(C#N)C21C(=O)Nc2c(Cl)cccc21. The van der Waals surface area contributed by atoms with Crippen LogP contribution in [0.3, 0.4) is 0 Å². The Morgan fingerprint density at radius 3 is 2.73 bits per heavy atom. The maximum Gasteiger partial charge on any atom is 0.245 e. The Balaban J connectivity index is 2.11. The highest BCUT2D eigenvalue weighted by Crippen LogP contribution is 2.56. The number of nitrogens with two attached hydrogens (primary N) is 1. The number of nitrogens with one attached hydrogen (secondary N) is 1. The van der Waals surface area contributed by atoms with Gasteiger partial charge in [0.2, 0.25) is 11.8 Å². The number of ether oxygens (including phenoxy) is 1. The predicted octanol–water partition coefficient (Wildman–Crippen LogP) is 2.90. The first-order chi connectivity index (χ1) is 12.2. The largest absolute Gasteiger partial charge is 0.444 e. The molecule has 0 bridgehead atoms. The minimum atomic E-state index is -1.61. The molecule has 132 valence electrons. The number of hydrogen-bond donors (Lipinski definition) is 2. The number of rotatable bonds is 0. The highest BCUT2D eigenvalue weighted by atomic mass is 35.5. The Bertz CT molecular complexity index is 1000. The van der Waals surface area contributed by atoms with Gasteiger partial charge in [0.1, 0.15) is 22.8 Å². The van der Waals surface area contributed by atoms with Gasteiger partial charge in [-0.05, 0) is 11.5 Å². The van der Waals surface area contributed by atoms with Gasteiger partial charge in [-0.15, -0.1) is 0 Å². The summed E-state index contributed by atoms with van der Waals surface area (Å²) in [7, 11) is 0. The van der Waals surface area contributed by atoms with Gasteiger partial charge in [-0.2, -0.15) is 5.26 Å². The van der Waals surface area contributed by atoms with E-state index in [0.717, 1.165) is 0 Å². The summed E-state index contributed by atoms with van der Waals surface area (Å²) in [5.74, 6) is -0.533. The lowest BCUT2D eigenvalue weighted by Crippen LogP contribution is -2.48. The molecule has 0 aromatic heterocycles. The number of para-hydroxylation sites is 1. The number of anilines is 1. The molecule has 3 aliphatic rings. The molecular formula is C19H16ClN3O3. The summed E-state index contributed by atoms with van der Waals surface area (Å²) in [6.07, 6.45) is 0.692. The van der Waals surface area contributed by atoms with Crippen LogP contribution in [-0.2, 0) is 19.7 Å². The summed E-state index contributed by atoms with van der Waals surface area (Å²) < 4.78 is 5.66. The van der Waals surface area contributed by atoms with Crippen LogP contribution in [0.1, 0.15) is 32.3 Å². The number of amides is 1. The van der Waals surface area contributed by atoms with Crippen LogP contribution < -0.4 is 11.1 Å². The molecule has 26 heavy (non-hydrogen) atoms. The second kappa shape index (κ2) is 5.12. The number of allylic oxidation sites excluding steroid dienone is 1. The fraction of sp³-hybridized carbons (Fsp3) is 0.316. The third kappa shape index (κ3) is 1.92. The topological polar surface area (TPSA) is 105 Å². The average Bonchev–Trinajstić information content (AvgIpc) is 2.81. The van der Waals surface area contributed by atoms with Gasteiger partial charge in [-0.25, -0.2) is 0 Å². The number of nitriles is 1. The minimum Gasteiger partial charge on any atom is -0.444 e. The van der Waals surface area contributed by atoms with Gasteiger partial charge < -0.3 is 15.8 Å². The molecule has 2 heterocycles.